The van der Waals surface area contributed by atoms with Gasteiger partial charge in [0.05, 0.1) is 4.88 Å². The highest BCUT2D eigenvalue weighted by molar-refractivity contribution is 7.16. The van der Waals surface area contributed by atoms with Gasteiger partial charge in [0.2, 0.25) is 0 Å². The predicted octanol–water partition coefficient (Wildman–Crippen LogP) is 1.33. The van der Waals surface area contributed by atoms with E-state index in [1.165, 1.54) is 11.3 Å². The molecule has 0 aliphatic heterocycles. The fourth-order valence-corrected chi connectivity index (χ4v) is 1.94. The summed E-state index contributed by atoms with van der Waals surface area (Å²) < 4.78 is 5.24. The Balaban J connectivity index is 2.04. The number of nitrogens with one attached hydrogen (secondary N) is 1. The third-order valence-electron chi connectivity index (χ3n) is 2.05. The number of hydrogen-bond donors (Lipinski definition) is 1. The number of thiazole rings is 1. The van der Waals surface area contributed by atoms with Gasteiger partial charge in [0.15, 0.2) is 6.61 Å². The number of aromatic nitrogens is 2. The molecule has 1 N–H and O–H groups in total. The summed E-state index contributed by atoms with van der Waals surface area (Å²) in [7, 11) is 1.57. The first kappa shape index (κ1) is 11.5. The Morgan fingerprint density at radius 1 is 1.47 bits per heavy atom. The quantitative estimate of drug-likeness (QED) is 0.887. The second-order valence-corrected chi connectivity index (χ2v) is 4.18. The monoisotopic (exact) mass is 249 g/mol. The zero-order chi connectivity index (χ0) is 12.1. The maximum Gasteiger partial charge on any atom is 0.274 e. The number of carbonyl (C=O) groups excluding carboxylic acids is 1. The highest BCUT2D eigenvalue weighted by atomic mass is 32.1. The molecule has 0 aliphatic carbocycles. The van der Waals surface area contributed by atoms with Crippen molar-refractivity contribution < 1.29 is 9.53 Å². The van der Waals surface area contributed by atoms with Gasteiger partial charge in [-0.05, 0) is 17.7 Å². The van der Waals surface area contributed by atoms with Crippen molar-refractivity contribution in [2.75, 3.05) is 13.7 Å². The Labute approximate surface area is 102 Å². The van der Waals surface area contributed by atoms with Gasteiger partial charge in [-0.1, -0.05) is 11.3 Å². The molecular formula is C11H11N3O2S. The second-order valence-electron chi connectivity index (χ2n) is 3.19. The highest BCUT2D eigenvalue weighted by Crippen LogP contribution is 2.29. The van der Waals surface area contributed by atoms with Crippen molar-refractivity contribution in [3.05, 3.63) is 30.7 Å². The summed E-state index contributed by atoms with van der Waals surface area (Å²) in [6.45, 7) is -0.0141. The molecule has 6 heteroatoms. The van der Waals surface area contributed by atoms with Crippen molar-refractivity contribution in [1.29, 1.82) is 0 Å². The fourth-order valence-electron chi connectivity index (χ4n) is 1.17. The van der Waals surface area contributed by atoms with E-state index in [4.69, 9.17) is 4.74 Å². The number of amides is 1. The van der Waals surface area contributed by atoms with Gasteiger partial charge in [0.25, 0.3) is 11.1 Å². The van der Waals surface area contributed by atoms with Crippen LogP contribution in [0.2, 0.25) is 0 Å². The third kappa shape index (κ3) is 3.01. The first-order valence-corrected chi connectivity index (χ1v) is 5.81. The first-order valence-electron chi connectivity index (χ1n) is 4.99. The van der Waals surface area contributed by atoms with E-state index < -0.39 is 0 Å². The second kappa shape index (κ2) is 5.40. The van der Waals surface area contributed by atoms with Crippen LogP contribution in [0.5, 0.6) is 5.19 Å². The van der Waals surface area contributed by atoms with Gasteiger partial charge in [0, 0.05) is 25.6 Å². The number of likely N-dealkylation sites (N-methyl/N-ethyl adjacent to an activating group) is 1. The molecule has 0 atom stereocenters. The van der Waals surface area contributed by atoms with E-state index >= 15 is 0 Å². The van der Waals surface area contributed by atoms with Crippen LogP contribution in [0.25, 0.3) is 10.4 Å². The molecule has 2 aromatic heterocycles. The van der Waals surface area contributed by atoms with E-state index in [0.717, 1.165) is 10.4 Å². The van der Waals surface area contributed by atoms with Crippen LogP contribution < -0.4 is 10.1 Å². The molecule has 2 heterocycles. The molecule has 88 valence electrons. The molecule has 2 aromatic rings. The molecule has 0 radical (unpaired) electrons. The molecule has 1 amide bonds. The van der Waals surface area contributed by atoms with Crippen molar-refractivity contribution in [3.8, 4) is 15.6 Å². The maximum atomic E-state index is 11.0. The molecule has 0 aromatic carbocycles. The van der Waals surface area contributed by atoms with Crippen LogP contribution in [0.15, 0.2) is 30.7 Å². The minimum absolute atomic E-state index is 0.0141. The number of pyridine rings is 1. The number of nitrogens with zero attached hydrogens (tertiary/aromatic N) is 2. The SMILES string of the molecule is CNC(=O)COc1ncc(-c2ccncc2)s1. The van der Waals surface area contributed by atoms with Gasteiger partial charge in [0.1, 0.15) is 0 Å². The van der Waals surface area contributed by atoms with Crippen LogP contribution in [0.1, 0.15) is 0 Å². The summed E-state index contributed by atoms with van der Waals surface area (Å²) in [5.41, 5.74) is 1.03. The molecular weight excluding hydrogens is 238 g/mol. The van der Waals surface area contributed by atoms with E-state index in [2.05, 4.69) is 15.3 Å². The zero-order valence-corrected chi connectivity index (χ0v) is 10.0. The van der Waals surface area contributed by atoms with Crippen LogP contribution in [0.3, 0.4) is 0 Å². The van der Waals surface area contributed by atoms with Crippen LogP contribution in [0.4, 0.5) is 0 Å². The van der Waals surface area contributed by atoms with Crippen molar-refractivity contribution >= 4 is 17.2 Å². The molecule has 0 saturated carbocycles. The summed E-state index contributed by atoms with van der Waals surface area (Å²) in [4.78, 5) is 20.0. The largest absolute Gasteiger partial charge is 0.460 e. The summed E-state index contributed by atoms with van der Waals surface area (Å²) in [6.07, 6.45) is 5.17. The first-order chi connectivity index (χ1) is 8.29. The van der Waals surface area contributed by atoms with Crippen molar-refractivity contribution in [2.24, 2.45) is 0 Å². The van der Waals surface area contributed by atoms with Crippen LogP contribution in [-0.2, 0) is 4.79 Å². The number of rotatable bonds is 4. The van der Waals surface area contributed by atoms with Crippen molar-refractivity contribution in [3.63, 3.8) is 0 Å². The molecule has 0 bridgehead atoms. The topological polar surface area (TPSA) is 64.1 Å². The van der Waals surface area contributed by atoms with Gasteiger partial charge >= 0.3 is 0 Å². The maximum absolute atomic E-state index is 11.0. The minimum Gasteiger partial charge on any atom is -0.460 e. The predicted molar refractivity (Wildman–Crippen MR) is 64.9 cm³/mol. The summed E-state index contributed by atoms with van der Waals surface area (Å²) >= 11 is 1.40. The molecule has 17 heavy (non-hydrogen) atoms. The van der Waals surface area contributed by atoms with E-state index in [1.54, 1.807) is 25.6 Å². The Hall–Kier alpha value is -1.95. The van der Waals surface area contributed by atoms with E-state index in [1.807, 2.05) is 12.1 Å². The number of carbonyl (C=O) groups is 1. The number of ether oxygens (including phenoxy) is 1. The summed E-state index contributed by atoms with van der Waals surface area (Å²) in [5.74, 6) is -0.175. The zero-order valence-electron chi connectivity index (χ0n) is 9.21. The number of hydrogen-bond acceptors (Lipinski definition) is 5. The summed E-state index contributed by atoms with van der Waals surface area (Å²) in [6, 6.07) is 3.80. The fraction of sp³-hybridized carbons (Fsp3) is 0.182. The van der Waals surface area contributed by atoms with E-state index in [9.17, 15) is 4.79 Å². The Morgan fingerprint density at radius 3 is 2.94 bits per heavy atom. The smallest absolute Gasteiger partial charge is 0.274 e. The lowest BCUT2D eigenvalue weighted by Gasteiger charge is -1.99. The lowest BCUT2D eigenvalue weighted by atomic mass is 10.2. The Morgan fingerprint density at radius 2 is 2.24 bits per heavy atom. The molecule has 0 fully saturated rings. The van der Waals surface area contributed by atoms with Gasteiger partial charge in [-0.2, -0.15) is 0 Å². The molecule has 0 spiro atoms. The average molecular weight is 249 g/mol. The molecule has 0 aliphatic rings. The average Bonchev–Trinajstić information content (AvgIpc) is 2.86. The molecule has 2 rings (SSSR count). The third-order valence-corrected chi connectivity index (χ3v) is 3.01. The van der Waals surface area contributed by atoms with E-state index in [-0.39, 0.29) is 12.5 Å². The lowest BCUT2D eigenvalue weighted by molar-refractivity contribution is -0.122. The highest BCUT2D eigenvalue weighted by Gasteiger charge is 2.06. The lowest BCUT2D eigenvalue weighted by Crippen LogP contribution is -2.24. The van der Waals surface area contributed by atoms with Crippen molar-refractivity contribution in [1.82, 2.24) is 15.3 Å². The van der Waals surface area contributed by atoms with Gasteiger partial charge in [-0.3, -0.25) is 9.78 Å². The molecule has 0 unspecified atom stereocenters. The van der Waals surface area contributed by atoms with Crippen LogP contribution in [-0.4, -0.2) is 29.5 Å². The van der Waals surface area contributed by atoms with Crippen LogP contribution >= 0.6 is 11.3 Å². The Bertz CT molecular complexity index is 498. The normalized spacial score (nSPS) is 9.94. The van der Waals surface area contributed by atoms with Crippen molar-refractivity contribution in [2.45, 2.75) is 0 Å². The van der Waals surface area contributed by atoms with Gasteiger partial charge in [-0.15, -0.1) is 0 Å². The summed E-state index contributed by atoms with van der Waals surface area (Å²) in [5, 5.41) is 2.96. The van der Waals surface area contributed by atoms with Gasteiger partial charge in [-0.25, -0.2) is 4.98 Å². The van der Waals surface area contributed by atoms with Gasteiger partial charge < -0.3 is 10.1 Å². The molecule has 0 saturated heterocycles. The Kier molecular flexibility index (Phi) is 3.66. The molecule has 5 nitrogen and oxygen atoms in total. The van der Waals surface area contributed by atoms with Crippen LogP contribution in [0, 0.1) is 0 Å². The minimum atomic E-state index is -0.175. The van der Waals surface area contributed by atoms with E-state index in [0.29, 0.717) is 5.19 Å². The standard InChI is InChI=1S/C11H11N3O2S/c1-12-10(15)7-16-11-14-6-9(17-11)8-2-4-13-5-3-8/h2-6H,7H2,1H3,(H,12,15).